The van der Waals surface area contributed by atoms with Crippen molar-refractivity contribution in [2.75, 3.05) is 13.7 Å². The fourth-order valence-corrected chi connectivity index (χ4v) is 5.32. The van der Waals surface area contributed by atoms with Crippen LogP contribution in [0.15, 0.2) is 35.4 Å². The van der Waals surface area contributed by atoms with E-state index in [0.29, 0.717) is 25.3 Å². The Morgan fingerprint density at radius 3 is 2.80 bits per heavy atom. The van der Waals surface area contributed by atoms with Gasteiger partial charge in [-0.15, -0.1) is 5.10 Å². The van der Waals surface area contributed by atoms with Crippen LogP contribution in [0, 0.1) is 0 Å². The standard InChI is InChI=1S/C20H28N4O5S/c1-28-18-4-2-3-5-20(18)30(26,27)22-16-9-8-15(29-19(16)13-25)10-11-24-12-17(21-23-24)14-6-7-14/h2-5,12,14-16,19,22,25H,6-11,13H2,1H3/t15-,16-,19-/m1/s1. The normalized spacial score (nSPS) is 24.7. The first-order chi connectivity index (χ1) is 14.5. The monoisotopic (exact) mass is 436 g/mol. The van der Waals surface area contributed by atoms with Gasteiger partial charge in [0.2, 0.25) is 10.0 Å². The predicted octanol–water partition coefficient (Wildman–Crippen LogP) is 1.44. The van der Waals surface area contributed by atoms with E-state index in [1.807, 2.05) is 10.9 Å². The van der Waals surface area contributed by atoms with E-state index in [2.05, 4.69) is 15.0 Å². The Hall–Kier alpha value is -2.01. The highest BCUT2D eigenvalue weighted by Crippen LogP contribution is 2.38. The first-order valence-corrected chi connectivity index (χ1v) is 11.8. The summed E-state index contributed by atoms with van der Waals surface area (Å²) in [4.78, 5) is 0.0731. The van der Waals surface area contributed by atoms with Crippen LogP contribution in [0.3, 0.4) is 0 Å². The third kappa shape index (κ3) is 4.83. The fourth-order valence-electron chi connectivity index (χ4n) is 3.85. The molecule has 0 radical (unpaired) electrons. The Labute approximate surface area is 176 Å². The van der Waals surface area contributed by atoms with Crippen LogP contribution in [0.4, 0.5) is 0 Å². The summed E-state index contributed by atoms with van der Waals surface area (Å²) >= 11 is 0. The van der Waals surface area contributed by atoms with Gasteiger partial charge >= 0.3 is 0 Å². The maximum absolute atomic E-state index is 12.8. The van der Waals surface area contributed by atoms with Crippen molar-refractivity contribution in [3.8, 4) is 5.75 Å². The molecule has 4 rings (SSSR count). The van der Waals surface area contributed by atoms with Crippen molar-refractivity contribution in [2.24, 2.45) is 0 Å². The summed E-state index contributed by atoms with van der Waals surface area (Å²) in [5.41, 5.74) is 1.05. The number of hydrogen-bond donors (Lipinski definition) is 2. The number of hydrogen-bond acceptors (Lipinski definition) is 7. The van der Waals surface area contributed by atoms with Crippen LogP contribution in [-0.2, 0) is 21.3 Å². The van der Waals surface area contributed by atoms with Crippen molar-refractivity contribution in [1.29, 1.82) is 0 Å². The number of rotatable bonds is 9. The lowest BCUT2D eigenvalue weighted by molar-refractivity contribution is -0.0891. The first kappa shape index (κ1) is 21.2. The zero-order valence-electron chi connectivity index (χ0n) is 17.0. The molecule has 1 aromatic heterocycles. The van der Waals surface area contributed by atoms with Gasteiger partial charge in [-0.25, -0.2) is 13.1 Å². The van der Waals surface area contributed by atoms with Crippen LogP contribution in [0.2, 0.25) is 0 Å². The second-order valence-corrected chi connectivity index (χ2v) is 9.59. The molecule has 3 atom stereocenters. The van der Waals surface area contributed by atoms with Gasteiger partial charge in [0.05, 0.1) is 37.7 Å². The molecule has 2 heterocycles. The number of benzene rings is 1. The summed E-state index contributed by atoms with van der Waals surface area (Å²) in [7, 11) is -2.37. The van der Waals surface area contributed by atoms with Gasteiger partial charge < -0.3 is 14.6 Å². The summed E-state index contributed by atoms with van der Waals surface area (Å²) in [5, 5.41) is 18.2. The lowest BCUT2D eigenvalue weighted by Gasteiger charge is -2.36. The SMILES string of the molecule is COc1ccccc1S(=O)(=O)N[C@@H]1CC[C@H](CCn2cc(C3CC3)nn2)O[C@@H]1CO. The Balaban J connectivity index is 1.34. The number of ether oxygens (including phenoxy) is 2. The van der Waals surface area contributed by atoms with Gasteiger partial charge in [-0.1, -0.05) is 17.3 Å². The Bertz CT molecular complexity index is 960. The number of aliphatic hydroxyl groups is 1. The van der Waals surface area contributed by atoms with Crippen molar-refractivity contribution in [3.63, 3.8) is 0 Å². The van der Waals surface area contributed by atoms with E-state index in [1.54, 1.807) is 18.2 Å². The van der Waals surface area contributed by atoms with Crippen molar-refractivity contribution in [2.45, 2.75) is 67.7 Å². The highest BCUT2D eigenvalue weighted by Gasteiger charge is 2.34. The maximum atomic E-state index is 12.8. The minimum atomic E-state index is -3.81. The van der Waals surface area contributed by atoms with Crippen molar-refractivity contribution in [1.82, 2.24) is 19.7 Å². The van der Waals surface area contributed by atoms with Crippen molar-refractivity contribution < 1.29 is 23.0 Å². The molecule has 1 aliphatic carbocycles. The van der Waals surface area contributed by atoms with E-state index in [4.69, 9.17) is 9.47 Å². The van der Waals surface area contributed by atoms with E-state index >= 15 is 0 Å². The predicted molar refractivity (Wildman–Crippen MR) is 109 cm³/mol. The third-order valence-electron chi connectivity index (χ3n) is 5.69. The second kappa shape index (κ2) is 9.01. The number of aliphatic hydroxyl groups excluding tert-OH is 1. The van der Waals surface area contributed by atoms with Crippen molar-refractivity contribution in [3.05, 3.63) is 36.2 Å². The quantitative estimate of drug-likeness (QED) is 0.611. The number of methoxy groups -OCH3 is 1. The molecule has 2 aromatic rings. The molecule has 1 saturated carbocycles. The Morgan fingerprint density at radius 2 is 2.07 bits per heavy atom. The molecule has 30 heavy (non-hydrogen) atoms. The summed E-state index contributed by atoms with van der Waals surface area (Å²) in [5.74, 6) is 0.846. The molecule has 164 valence electrons. The Kier molecular flexibility index (Phi) is 6.37. The molecule has 0 spiro atoms. The Morgan fingerprint density at radius 1 is 1.27 bits per heavy atom. The molecule has 0 bridgehead atoms. The van der Waals surface area contributed by atoms with Crippen molar-refractivity contribution >= 4 is 10.0 Å². The second-order valence-electron chi connectivity index (χ2n) is 7.90. The molecule has 0 unspecified atom stereocenters. The largest absolute Gasteiger partial charge is 0.495 e. The van der Waals surface area contributed by atoms with Crippen LogP contribution < -0.4 is 9.46 Å². The number of para-hydroxylation sites is 1. The number of sulfonamides is 1. The molecular formula is C20H28N4O5S. The molecule has 2 fully saturated rings. The number of aromatic nitrogens is 3. The smallest absolute Gasteiger partial charge is 0.244 e. The maximum Gasteiger partial charge on any atom is 0.244 e. The van der Waals surface area contributed by atoms with Gasteiger partial charge in [0.25, 0.3) is 0 Å². The van der Waals surface area contributed by atoms with E-state index in [9.17, 15) is 13.5 Å². The summed E-state index contributed by atoms with van der Waals surface area (Å²) < 4.78 is 41.4. The van der Waals surface area contributed by atoms with E-state index in [0.717, 1.165) is 12.1 Å². The highest BCUT2D eigenvalue weighted by molar-refractivity contribution is 7.89. The van der Waals surface area contributed by atoms with Crippen LogP contribution in [0.5, 0.6) is 5.75 Å². The molecule has 2 N–H and O–H groups in total. The minimum Gasteiger partial charge on any atom is -0.495 e. The molecule has 0 amide bonds. The lowest BCUT2D eigenvalue weighted by Crippen LogP contribution is -2.51. The van der Waals surface area contributed by atoms with Gasteiger partial charge in [-0.3, -0.25) is 4.68 Å². The summed E-state index contributed by atoms with van der Waals surface area (Å²) in [6, 6.07) is 5.95. The van der Waals surface area contributed by atoms with E-state index < -0.39 is 22.2 Å². The lowest BCUT2D eigenvalue weighted by atomic mass is 9.98. The molecule has 1 saturated heterocycles. The number of nitrogens with zero attached hydrogens (tertiary/aromatic N) is 3. The van der Waals surface area contributed by atoms with Crippen LogP contribution >= 0.6 is 0 Å². The van der Waals surface area contributed by atoms with Gasteiger partial charge in [0.1, 0.15) is 10.6 Å². The van der Waals surface area contributed by atoms with Gasteiger partial charge in [-0.05, 0) is 44.2 Å². The number of aryl methyl sites for hydroxylation is 1. The number of nitrogens with one attached hydrogen (secondary N) is 1. The van der Waals surface area contributed by atoms with E-state index in [-0.39, 0.29) is 23.4 Å². The van der Waals surface area contributed by atoms with Crippen LogP contribution in [-0.4, -0.2) is 60.5 Å². The van der Waals surface area contributed by atoms with Gasteiger partial charge in [0.15, 0.2) is 0 Å². The zero-order chi connectivity index (χ0) is 21.1. The summed E-state index contributed by atoms with van der Waals surface area (Å²) in [6.45, 7) is 0.422. The molecule has 9 nitrogen and oxygen atoms in total. The molecular weight excluding hydrogens is 408 g/mol. The van der Waals surface area contributed by atoms with Crippen LogP contribution in [0.1, 0.15) is 43.7 Å². The van der Waals surface area contributed by atoms with Gasteiger partial charge in [-0.2, -0.15) is 0 Å². The summed E-state index contributed by atoms with van der Waals surface area (Å²) in [6.07, 6.45) is 5.70. The minimum absolute atomic E-state index is 0.0669. The molecule has 1 aliphatic heterocycles. The highest BCUT2D eigenvalue weighted by atomic mass is 32.2. The average molecular weight is 437 g/mol. The van der Waals surface area contributed by atoms with Gasteiger partial charge in [0, 0.05) is 18.7 Å². The molecule has 2 aliphatic rings. The average Bonchev–Trinajstić information content (AvgIpc) is 3.50. The molecule has 10 heteroatoms. The fraction of sp³-hybridized carbons (Fsp3) is 0.600. The van der Waals surface area contributed by atoms with Crippen LogP contribution in [0.25, 0.3) is 0 Å². The first-order valence-electron chi connectivity index (χ1n) is 10.3. The topological polar surface area (TPSA) is 116 Å². The third-order valence-corrected chi connectivity index (χ3v) is 7.22. The zero-order valence-corrected chi connectivity index (χ0v) is 17.8. The molecule has 1 aromatic carbocycles. The van der Waals surface area contributed by atoms with E-state index in [1.165, 1.54) is 26.0 Å².